The van der Waals surface area contributed by atoms with Gasteiger partial charge in [-0.2, -0.15) is 0 Å². The molecule has 15 atom stereocenters. The number of unbranched alkanes of at least 4 members (excludes halogenated alkanes) is 9. The van der Waals surface area contributed by atoms with Gasteiger partial charge in [0.15, 0.2) is 18.9 Å². The van der Waals surface area contributed by atoms with Gasteiger partial charge in [0.05, 0.1) is 19.3 Å². The zero-order valence-corrected chi connectivity index (χ0v) is 46.3. The van der Waals surface area contributed by atoms with Crippen LogP contribution in [0.1, 0.15) is 185 Å². The summed E-state index contributed by atoms with van der Waals surface area (Å²) in [5.74, 6) is 0. The van der Waals surface area contributed by atoms with Crippen LogP contribution in [0.25, 0.3) is 0 Å². The summed E-state index contributed by atoms with van der Waals surface area (Å²) in [5.41, 5.74) is 0. The third kappa shape index (κ3) is 21.9. The molecule has 0 aromatic carbocycles. The summed E-state index contributed by atoms with van der Waals surface area (Å²) >= 11 is 0. The van der Waals surface area contributed by atoms with E-state index in [-0.39, 0.29) is 12.7 Å². The van der Waals surface area contributed by atoms with Crippen LogP contribution >= 0.6 is 0 Å². The number of methoxy groups -OCH3 is 1. The molecule has 0 aromatic heterocycles. The Kier molecular flexibility index (Phi) is 36.2. The molecule has 0 spiro atoms. The van der Waals surface area contributed by atoms with Crippen LogP contribution in [-0.4, -0.2) is 172 Å². The molecule has 15 unspecified atom stereocenters. The first-order valence-corrected chi connectivity index (χ1v) is 28.6. The van der Waals surface area contributed by atoms with Gasteiger partial charge in [0.25, 0.3) is 0 Å². The summed E-state index contributed by atoms with van der Waals surface area (Å²) in [6, 6.07) is 0. The second kappa shape index (κ2) is 39.8. The monoisotopic (exact) mass is 1010 g/mol. The summed E-state index contributed by atoms with van der Waals surface area (Å²) in [5, 5.41) is 0. The highest BCUT2D eigenvalue weighted by molar-refractivity contribution is 4.99. The summed E-state index contributed by atoms with van der Waals surface area (Å²) in [7, 11) is 1.65. The van der Waals surface area contributed by atoms with Gasteiger partial charge in [-0.3, -0.25) is 0 Å². The smallest absolute Gasteiger partial charge is 0.187 e. The van der Waals surface area contributed by atoms with Crippen LogP contribution < -0.4 is 0 Å². The molecule has 15 nitrogen and oxygen atoms in total. The zero-order valence-electron chi connectivity index (χ0n) is 46.3. The molecule has 0 saturated carbocycles. The highest BCUT2D eigenvalue weighted by Crippen LogP contribution is 2.38. The van der Waals surface area contributed by atoms with Gasteiger partial charge in [-0.15, -0.1) is 0 Å². The van der Waals surface area contributed by atoms with Crippen molar-refractivity contribution in [1.82, 2.24) is 0 Å². The predicted molar refractivity (Wildman–Crippen MR) is 272 cm³/mol. The molecule has 3 heterocycles. The zero-order chi connectivity index (χ0) is 50.8. The van der Waals surface area contributed by atoms with Crippen LogP contribution in [0.2, 0.25) is 0 Å². The van der Waals surface area contributed by atoms with Gasteiger partial charge in [-0.25, -0.2) is 0 Å². The molecule has 0 aromatic rings. The molecule has 70 heavy (non-hydrogen) atoms. The van der Waals surface area contributed by atoms with Gasteiger partial charge in [0.1, 0.15) is 67.1 Å². The van der Waals surface area contributed by atoms with E-state index < -0.39 is 86.0 Å². The Labute approximate surface area is 426 Å². The average Bonchev–Trinajstić information content (AvgIpc) is 3.36. The first-order chi connectivity index (χ1) is 34.3. The van der Waals surface area contributed by atoms with Crippen molar-refractivity contribution in [2.45, 2.75) is 277 Å². The molecule has 0 amide bonds. The average molecular weight is 1010 g/mol. The quantitative estimate of drug-likeness (QED) is 0.0535. The lowest BCUT2D eigenvalue weighted by Gasteiger charge is -2.52. The molecule has 416 valence electrons. The standard InChI is InChI=1S/C55H106O15/c1-12-21-30-57-39-42-45(60-33-24-15-4)47(62-35-26-17-6)50(63-36-27-18-7)54(67-42)70-49-46(61-34-25-16-5)43(40-58-31-22-13-2)68-55(52(49)65-38-29-20-9)69-48-44(59-32-23-14-3)41(10)66-53(56-11)51(48)64-37-28-19-8/h41-55H,12-40H2,1-11H3. The van der Waals surface area contributed by atoms with E-state index in [4.69, 9.17) is 71.1 Å². The van der Waals surface area contributed by atoms with Crippen molar-refractivity contribution in [3.05, 3.63) is 0 Å². The van der Waals surface area contributed by atoms with Crippen LogP contribution in [0.3, 0.4) is 0 Å². The Morgan fingerprint density at radius 2 is 0.586 bits per heavy atom. The normalized spacial score (nSPS) is 31.7. The number of hydrogen-bond donors (Lipinski definition) is 0. The molecule has 0 aliphatic carbocycles. The molecule has 0 bridgehead atoms. The van der Waals surface area contributed by atoms with Crippen LogP contribution in [0, 0.1) is 0 Å². The van der Waals surface area contributed by atoms with Gasteiger partial charge >= 0.3 is 0 Å². The first kappa shape index (κ1) is 63.7. The summed E-state index contributed by atoms with van der Waals surface area (Å²) < 4.78 is 103. The second-order valence-corrected chi connectivity index (χ2v) is 19.4. The van der Waals surface area contributed by atoms with Crippen molar-refractivity contribution in [1.29, 1.82) is 0 Å². The Hall–Kier alpha value is -0.600. The molecular formula is C55H106O15. The van der Waals surface area contributed by atoms with Crippen molar-refractivity contribution in [2.75, 3.05) is 79.8 Å². The number of hydrogen-bond acceptors (Lipinski definition) is 15. The lowest BCUT2D eigenvalue weighted by Crippen LogP contribution is -2.68. The van der Waals surface area contributed by atoms with E-state index in [1.54, 1.807) is 7.11 Å². The molecule has 15 heteroatoms. The minimum atomic E-state index is -0.979. The van der Waals surface area contributed by atoms with Crippen molar-refractivity contribution in [2.24, 2.45) is 0 Å². The Morgan fingerprint density at radius 3 is 0.957 bits per heavy atom. The van der Waals surface area contributed by atoms with E-state index in [1.807, 2.05) is 6.92 Å². The largest absolute Gasteiger partial charge is 0.379 e. The minimum absolute atomic E-state index is 0.252. The minimum Gasteiger partial charge on any atom is -0.379 e. The highest BCUT2D eigenvalue weighted by atomic mass is 16.8. The van der Waals surface area contributed by atoms with E-state index in [9.17, 15) is 0 Å². The maximum absolute atomic E-state index is 7.57. The van der Waals surface area contributed by atoms with Crippen LogP contribution in [0.5, 0.6) is 0 Å². The van der Waals surface area contributed by atoms with Crippen LogP contribution in [-0.2, 0) is 71.1 Å². The third-order valence-electron chi connectivity index (χ3n) is 13.2. The molecular weight excluding hydrogens is 901 g/mol. The summed E-state index contributed by atoms with van der Waals surface area (Å²) in [4.78, 5) is 0. The lowest BCUT2D eigenvalue weighted by atomic mass is 9.95. The fraction of sp³-hybridized carbons (Fsp3) is 1.00. The van der Waals surface area contributed by atoms with Gasteiger partial charge in [0, 0.05) is 66.6 Å². The molecule has 3 rings (SSSR count). The molecule has 0 N–H and O–H groups in total. The topological polar surface area (TPSA) is 138 Å². The predicted octanol–water partition coefficient (Wildman–Crippen LogP) is 10.5. The SMILES string of the molecule is CCCCOCC1OC(OC2C(OCCCC)C(COCCCC)OC(OC3C(OCCCC)C(C)OC(OC)C3OCCCC)C2OCCCC)C(OCCCC)C(OCCCC)C1OCCCC. The van der Waals surface area contributed by atoms with E-state index in [0.29, 0.717) is 66.1 Å². The maximum Gasteiger partial charge on any atom is 0.187 e. The number of ether oxygens (including phenoxy) is 15. The van der Waals surface area contributed by atoms with E-state index >= 15 is 0 Å². The van der Waals surface area contributed by atoms with Crippen LogP contribution in [0.4, 0.5) is 0 Å². The van der Waals surface area contributed by atoms with Gasteiger partial charge in [-0.1, -0.05) is 120 Å². The molecule has 3 aliphatic rings. The molecule has 3 fully saturated rings. The van der Waals surface area contributed by atoms with Crippen molar-refractivity contribution in [3.8, 4) is 0 Å². The molecule has 3 saturated heterocycles. The van der Waals surface area contributed by atoms with Crippen molar-refractivity contribution < 1.29 is 71.1 Å². The van der Waals surface area contributed by atoms with Crippen molar-refractivity contribution in [3.63, 3.8) is 0 Å². The number of rotatable bonds is 43. The lowest BCUT2D eigenvalue weighted by molar-refractivity contribution is -0.392. The van der Waals surface area contributed by atoms with Gasteiger partial charge in [-0.05, 0) is 64.7 Å². The third-order valence-corrected chi connectivity index (χ3v) is 13.2. The molecule has 3 aliphatic heterocycles. The van der Waals surface area contributed by atoms with E-state index in [1.165, 1.54) is 0 Å². The first-order valence-electron chi connectivity index (χ1n) is 28.6. The van der Waals surface area contributed by atoms with E-state index in [0.717, 1.165) is 116 Å². The fourth-order valence-corrected chi connectivity index (χ4v) is 8.82. The van der Waals surface area contributed by atoms with Crippen molar-refractivity contribution >= 4 is 0 Å². The van der Waals surface area contributed by atoms with Gasteiger partial charge < -0.3 is 71.1 Å². The highest BCUT2D eigenvalue weighted by Gasteiger charge is 2.57. The molecule has 0 radical (unpaired) electrons. The second-order valence-electron chi connectivity index (χ2n) is 19.4. The van der Waals surface area contributed by atoms with Gasteiger partial charge in [0.2, 0.25) is 0 Å². The Balaban J connectivity index is 2.29. The Bertz CT molecular complexity index is 1210. The summed E-state index contributed by atoms with van der Waals surface area (Å²) in [6.45, 7) is 26.8. The van der Waals surface area contributed by atoms with Crippen LogP contribution in [0.15, 0.2) is 0 Å². The fourth-order valence-electron chi connectivity index (χ4n) is 8.82. The summed E-state index contributed by atoms with van der Waals surface area (Å²) in [6.07, 6.45) is 7.03. The maximum atomic E-state index is 7.57. The van der Waals surface area contributed by atoms with E-state index in [2.05, 4.69) is 62.3 Å². The Morgan fingerprint density at radius 1 is 0.300 bits per heavy atom.